The molecule has 2 aliphatic heterocycles. The van der Waals surface area contributed by atoms with Crippen LogP contribution in [0.15, 0.2) is 42.5 Å². The van der Waals surface area contributed by atoms with Gasteiger partial charge in [0.1, 0.15) is 47.8 Å². The number of benzene rings is 2. The summed E-state index contributed by atoms with van der Waals surface area (Å²) in [5.41, 5.74) is 1.13. The Morgan fingerprint density at radius 1 is 1.00 bits per heavy atom. The molecule has 2 aromatic carbocycles. The van der Waals surface area contributed by atoms with E-state index < -0.39 is 43.4 Å². The Kier molecular flexibility index (Phi) is 5.63. The minimum Gasteiger partial charge on any atom is -0.508 e. The zero-order valence-electron chi connectivity index (χ0n) is 15.8. The normalized spacial score (nSPS) is 31.0. The van der Waals surface area contributed by atoms with E-state index in [-0.39, 0.29) is 18.0 Å². The predicted octanol–water partition coefficient (Wildman–Crippen LogP) is 0.277. The molecule has 2 aromatic rings. The number of rotatable bonds is 4. The molecule has 0 unspecified atom stereocenters. The average molecular weight is 418 g/mol. The number of aromatic hydroxyl groups is 1. The average Bonchev–Trinajstić information content (AvgIpc) is 2.74. The van der Waals surface area contributed by atoms with Gasteiger partial charge in [0.25, 0.3) is 0 Å². The second-order valence-electron chi connectivity index (χ2n) is 7.30. The SMILES string of the molecule is O=C1C[C@H](c2ccc(O[C@@H]3O[C@@H](CO)[C@H](O)[C@@H](O)[C@@H]3O)cc2)Oc2cc(O)ccc21. The maximum absolute atomic E-state index is 12.4. The summed E-state index contributed by atoms with van der Waals surface area (Å²) in [6.07, 6.45) is -7.24. The number of hydrogen-bond donors (Lipinski definition) is 5. The summed E-state index contributed by atoms with van der Waals surface area (Å²) < 4.78 is 16.7. The van der Waals surface area contributed by atoms with Gasteiger partial charge >= 0.3 is 0 Å². The van der Waals surface area contributed by atoms with Gasteiger partial charge in [0.15, 0.2) is 5.78 Å². The van der Waals surface area contributed by atoms with Crippen molar-refractivity contribution in [3.63, 3.8) is 0 Å². The predicted molar refractivity (Wildman–Crippen MR) is 101 cm³/mol. The van der Waals surface area contributed by atoms with Crippen molar-refractivity contribution in [2.75, 3.05) is 6.61 Å². The van der Waals surface area contributed by atoms with Crippen molar-refractivity contribution in [3.05, 3.63) is 53.6 Å². The zero-order valence-corrected chi connectivity index (χ0v) is 15.8. The monoisotopic (exact) mass is 418 g/mol. The molecule has 2 aliphatic rings. The van der Waals surface area contributed by atoms with E-state index >= 15 is 0 Å². The van der Waals surface area contributed by atoms with Crippen LogP contribution < -0.4 is 9.47 Å². The molecule has 1 fully saturated rings. The van der Waals surface area contributed by atoms with Gasteiger partial charge in [-0.25, -0.2) is 0 Å². The Morgan fingerprint density at radius 3 is 2.43 bits per heavy atom. The summed E-state index contributed by atoms with van der Waals surface area (Å²) in [4.78, 5) is 12.4. The lowest BCUT2D eigenvalue weighted by atomic mass is 9.96. The molecule has 6 atom stereocenters. The minimum atomic E-state index is -1.53. The van der Waals surface area contributed by atoms with E-state index in [1.54, 1.807) is 24.3 Å². The fourth-order valence-corrected chi connectivity index (χ4v) is 3.56. The number of ketones is 1. The van der Waals surface area contributed by atoms with Gasteiger partial charge in [0, 0.05) is 6.07 Å². The van der Waals surface area contributed by atoms with Gasteiger partial charge in [-0.15, -0.1) is 0 Å². The first-order chi connectivity index (χ1) is 14.4. The highest BCUT2D eigenvalue weighted by Gasteiger charge is 2.44. The fourth-order valence-electron chi connectivity index (χ4n) is 3.56. The van der Waals surface area contributed by atoms with Gasteiger partial charge in [-0.05, 0) is 29.8 Å². The summed E-state index contributed by atoms with van der Waals surface area (Å²) in [5.74, 6) is 0.537. The topological polar surface area (TPSA) is 146 Å². The molecule has 0 saturated carbocycles. The van der Waals surface area contributed by atoms with Crippen molar-refractivity contribution in [2.45, 2.75) is 43.2 Å². The fraction of sp³-hybridized carbons (Fsp3) is 0.381. The van der Waals surface area contributed by atoms with Crippen LogP contribution in [0.4, 0.5) is 0 Å². The Balaban J connectivity index is 1.46. The van der Waals surface area contributed by atoms with E-state index in [1.165, 1.54) is 18.2 Å². The Bertz CT molecular complexity index is 911. The number of fused-ring (bicyclic) bond motifs is 1. The van der Waals surface area contributed by atoms with E-state index in [0.717, 1.165) is 0 Å². The Hall–Kier alpha value is -2.69. The van der Waals surface area contributed by atoms with Crippen LogP contribution in [0.3, 0.4) is 0 Å². The molecule has 2 heterocycles. The van der Waals surface area contributed by atoms with E-state index in [4.69, 9.17) is 14.2 Å². The summed E-state index contributed by atoms with van der Waals surface area (Å²) >= 11 is 0. The first-order valence-corrected chi connectivity index (χ1v) is 9.47. The Morgan fingerprint density at radius 2 is 1.73 bits per heavy atom. The van der Waals surface area contributed by atoms with Crippen molar-refractivity contribution in [3.8, 4) is 17.2 Å². The zero-order chi connectivity index (χ0) is 21.4. The molecular weight excluding hydrogens is 396 g/mol. The smallest absolute Gasteiger partial charge is 0.229 e. The van der Waals surface area contributed by atoms with Crippen LogP contribution in [0.5, 0.6) is 17.2 Å². The maximum Gasteiger partial charge on any atom is 0.229 e. The molecule has 9 nitrogen and oxygen atoms in total. The lowest BCUT2D eigenvalue weighted by Crippen LogP contribution is -2.60. The minimum absolute atomic E-state index is 0.00507. The number of phenolic OH excluding ortho intramolecular Hbond substituents is 1. The highest BCUT2D eigenvalue weighted by molar-refractivity contribution is 6.00. The van der Waals surface area contributed by atoms with Gasteiger partial charge in [0.05, 0.1) is 18.6 Å². The quantitative estimate of drug-likeness (QED) is 0.472. The van der Waals surface area contributed by atoms with Crippen LogP contribution in [0, 0.1) is 0 Å². The molecule has 30 heavy (non-hydrogen) atoms. The van der Waals surface area contributed by atoms with Crippen LogP contribution in [0.1, 0.15) is 28.4 Å². The number of aliphatic hydroxyl groups is 4. The molecule has 4 rings (SSSR count). The molecule has 0 bridgehead atoms. The third-order valence-electron chi connectivity index (χ3n) is 5.26. The second-order valence-corrected chi connectivity index (χ2v) is 7.30. The number of ether oxygens (including phenoxy) is 3. The number of phenols is 1. The van der Waals surface area contributed by atoms with Crippen LogP contribution >= 0.6 is 0 Å². The third-order valence-corrected chi connectivity index (χ3v) is 5.26. The summed E-state index contributed by atoms with van der Waals surface area (Å²) in [7, 11) is 0. The van der Waals surface area contributed by atoms with Crippen LogP contribution in [-0.2, 0) is 4.74 Å². The van der Waals surface area contributed by atoms with Crippen molar-refractivity contribution >= 4 is 5.78 Å². The first kappa shape index (κ1) is 20.6. The summed E-state index contributed by atoms with van der Waals surface area (Å²) in [5, 5.41) is 48.6. The highest BCUT2D eigenvalue weighted by atomic mass is 16.7. The van der Waals surface area contributed by atoms with Gasteiger partial charge in [0.2, 0.25) is 6.29 Å². The van der Waals surface area contributed by atoms with Crippen LogP contribution in [0.25, 0.3) is 0 Å². The van der Waals surface area contributed by atoms with Gasteiger partial charge in [-0.3, -0.25) is 4.79 Å². The largest absolute Gasteiger partial charge is 0.508 e. The van der Waals surface area contributed by atoms with E-state index in [9.17, 15) is 30.3 Å². The lowest BCUT2D eigenvalue weighted by molar-refractivity contribution is -0.277. The molecule has 9 heteroatoms. The van der Waals surface area contributed by atoms with Crippen molar-refractivity contribution in [1.29, 1.82) is 0 Å². The molecule has 0 amide bonds. The molecule has 0 spiro atoms. The van der Waals surface area contributed by atoms with Crippen molar-refractivity contribution in [2.24, 2.45) is 0 Å². The summed E-state index contributed by atoms with van der Waals surface area (Å²) in [6.45, 7) is -0.548. The molecule has 5 N–H and O–H groups in total. The van der Waals surface area contributed by atoms with E-state index in [0.29, 0.717) is 22.6 Å². The molecule has 0 aromatic heterocycles. The first-order valence-electron chi connectivity index (χ1n) is 9.47. The summed E-state index contributed by atoms with van der Waals surface area (Å²) in [6, 6.07) is 10.9. The number of hydrogen-bond acceptors (Lipinski definition) is 9. The third kappa shape index (κ3) is 3.85. The molecule has 160 valence electrons. The number of carbonyl (C=O) groups is 1. The number of carbonyl (C=O) groups excluding carboxylic acids is 1. The second kappa shape index (κ2) is 8.21. The number of Topliss-reactive ketones (excluding diaryl/α,β-unsaturated/α-hetero) is 1. The van der Waals surface area contributed by atoms with Gasteiger partial charge in [-0.2, -0.15) is 0 Å². The molecular formula is C21H22O9. The van der Waals surface area contributed by atoms with E-state index in [1.807, 2.05) is 0 Å². The van der Waals surface area contributed by atoms with Crippen LogP contribution in [-0.4, -0.2) is 68.6 Å². The van der Waals surface area contributed by atoms with Gasteiger partial charge < -0.3 is 39.7 Å². The maximum atomic E-state index is 12.4. The van der Waals surface area contributed by atoms with Crippen LogP contribution in [0.2, 0.25) is 0 Å². The van der Waals surface area contributed by atoms with Gasteiger partial charge in [-0.1, -0.05) is 12.1 Å². The molecule has 1 saturated heterocycles. The number of aliphatic hydroxyl groups excluding tert-OH is 4. The molecule has 0 radical (unpaired) electrons. The highest BCUT2D eigenvalue weighted by Crippen LogP contribution is 2.37. The van der Waals surface area contributed by atoms with E-state index in [2.05, 4.69) is 0 Å². The van der Waals surface area contributed by atoms with Crippen molar-refractivity contribution in [1.82, 2.24) is 0 Å². The lowest BCUT2D eigenvalue weighted by Gasteiger charge is -2.39. The molecule has 0 aliphatic carbocycles. The van der Waals surface area contributed by atoms with Crippen molar-refractivity contribution < 1.29 is 44.5 Å². The Labute approximate surface area is 171 Å². The standard InChI is InChI=1S/C21H22O9/c22-9-17-18(25)19(26)20(27)21(30-17)28-12-4-1-10(2-5-12)15-8-14(24)13-6-3-11(23)7-16(13)29-15/h1-7,15,17-23,25-27H,8-9H2/t15-,17+,18+,19-,20+,21-/m1/s1.